The highest BCUT2D eigenvalue weighted by molar-refractivity contribution is 5.92. The van der Waals surface area contributed by atoms with Crippen molar-refractivity contribution in [2.24, 2.45) is 0 Å². The zero-order valence-corrected chi connectivity index (χ0v) is 10.9. The fourth-order valence-electron chi connectivity index (χ4n) is 2.58. The molecule has 0 spiro atoms. The largest absolute Gasteiger partial charge is 0.329 e. The normalized spacial score (nSPS) is 19.0. The van der Waals surface area contributed by atoms with Crippen LogP contribution in [0.1, 0.15) is 42.0 Å². The first-order valence-corrected chi connectivity index (χ1v) is 6.63. The van der Waals surface area contributed by atoms with Crippen LogP contribution in [0.5, 0.6) is 0 Å². The number of H-pyrrole nitrogens is 1. The van der Waals surface area contributed by atoms with Crippen molar-refractivity contribution in [1.29, 1.82) is 0 Å². The van der Waals surface area contributed by atoms with E-state index >= 15 is 0 Å². The summed E-state index contributed by atoms with van der Waals surface area (Å²) in [6.07, 6.45) is 5.56. The molecule has 0 aliphatic carbocycles. The monoisotopic (exact) mass is 259 g/mol. The predicted octanol–water partition coefficient (Wildman–Crippen LogP) is 1.60. The fraction of sp³-hybridized carbons (Fsp3) is 0.462. The van der Waals surface area contributed by atoms with Crippen molar-refractivity contribution in [2.45, 2.75) is 32.4 Å². The average molecular weight is 259 g/mol. The van der Waals surface area contributed by atoms with Gasteiger partial charge in [0.1, 0.15) is 5.69 Å². The molecular formula is C13H17N5O. The number of nitrogens with zero attached hydrogens (tertiary/aromatic N) is 4. The molecule has 1 unspecified atom stereocenters. The molecule has 1 amide bonds. The van der Waals surface area contributed by atoms with Gasteiger partial charge in [0.05, 0.1) is 11.7 Å². The summed E-state index contributed by atoms with van der Waals surface area (Å²) in [7, 11) is 0. The minimum atomic E-state index is 0.00398. The highest BCUT2D eigenvalue weighted by Crippen LogP contribution is 2.31. The quantitative estimate of drug-likeness (QED) is 0.910. The second-order valence-corrected chi connectivity index (χ2v) is 4.73. The first-order chi connectivity index (χ1) is 9.29. The SMILES string of the molecule is CCn1ccc(C(=O)N2CCCC2c2ccn[nH]2)n1. The lowest BCUT2D eigenvalue weighted by Crippen LogP contribution is -2.31. The minimum absolute atomic E-state index is 0.00398. The van der Waals surface area contributed by atoms with Crippen molar-refractivity contribution in [3.05, 3.63) is 35.9 Å². The molecule has 1 saturated heterocycles. The molecule has 1 atom stereocenters. The number of aryl methyl sites for hydroxylation is 1. The molecule has 2 aromatic rings. The number of likely N-dealkylation sites (tertiary alicyclic amines) is 1. The van der Waals surface area contributed by atoms with Gasteiger partial charge in [0.15, 0.2) is 0 Å². The van der Waals surface area contributed by atoms with Gasteiger partial charge in [-0.05, 0) is 31.9 Å². The topological polar surface area (TPSA) is 66.8 Å². The van der Waals surface area contributed by atoms with E-state index in [2.05, 4.69) is 15.3 Å². The van der Waals surface area contributed by atoms with Crippen molar-refractivity contribution in [3.63, 3.8) is 0 Å². The van der Waals surface area contributed by atoms with Gasteiger partial charge in [0.25, 0.3) is 5.91 Å². The molecule has 1 fully saturated rings. The standard InChI is InChI=1S/C13H17N5O/c1-2-17-9-6-11(16-17)13(19)18-8-3-4-12(18)10-5-7-14-15-10/h5-7,9,12H,2-4,8H2,1H3,(H,14,15). The maximum Gasteiger partial charge on any atom is 0.274 e. The van der Waals surface area contributed by atoms with Gasteiger partial charge in [-0.3, -0.25) is 14.6 Å². The average Bonchev–Trinajstić information content (AvgIpc) is 3.16. The minimum Gasteiger partial charge on any atom is -0.329 e. The first kappa shape index (κ1) is 12.0. The van der Waals surface area contributed by atoms with Crippen molar-refractivity contribution < 1.29 is 4.79 Å². The third-order valence-electron chi connectivity index (χ3n) is 3.58. The molecule has 1 aliphatic rings. The maximum absolute atomic E-state index is 12.5. The van der Waals surface area contributed by atoms with Crippen LogP contribution in [0, 0.1) is 0 Å². The highest BCUT2D eigenvalue weighted by atomic mass is 16.2. The summed E-state index contributed by atoms with van der Waals surface area (Å²) in [4.78, 5) is 14.4. The Morgan fingerprint density at radius 2 is 2.42 bits per heavy atom. The smallest absolute Gasteiger partial charge is 0.274 e. The van der Waals surface area contributed by atoms with Gasteiger partial charge in [-0.25, -0.2) is 0 Å². The summed E-state index contributed by atoms with van der Waals surface area (Å²) in [5.41, 5.74) is 1.52. The van der Waals surface area contributed by atoms with Crippen molar-refractivity contribution in [3.8, 4) is 0 Å². The van der Waals surface area contributed by atoms with Gasteiger partial charge in [-0.1, -0.05) is 0 Å². The number of nitrogens with one attached hydrogen (secondary N) is 1. The van der Waals surface area contributed by atoms with Gasteiger partial charge in [-0.15, -0.1) is 0 Å². The highest BCUT2D eigenvalue weighted by Gasteiger charge is 2.32. The molecule has 100 valence electrons. The van der Waals surface area contributed by atoms with E-state index in [0.29, 0.717) is 5.69 Å². The molecule has 0 saturated carbocycles. The molecule has 3 heterocycles. The Bertz CT molecular complexity index is 559. The molecule has 2 aromatic heterocycles. The van der Waals surface area contributed by atoms with Crippen LogP contribution in [0.25, 0.3) is 0 Å². The number of rotatable bonds is 3. The molecule has 1 aliphatic heterocycles. The van der Waals surface area contributed by atoms with Crippen LogP contribution in [-0.2, 0) is 6.54 Å². The van der Waals surface area contributed by atoms with Crippen LogP contribution in [0.4, 0.5) is 0 Å². The molecular weight excluding hydrogens is 242 g/mol. The number of hydrogen-bond donors (Lipinski definition) is 1. The van der Waals surface area contributed by atoms with Gasteiger partial charge >= 0.3 is 0 Å². The summed E-state index contributed by atoms with van der Waals surface area (Å²) in [5.74, 6) is 0.00398. The van der Waals surface area contributed by atoms with Crippen LogP contribution in [0.2, 0.25) is 0 Å². The van der Waals surface area contributed by atoms with E-state index in [1.54, 1.807) is 16.9 Å². The summed E-state index contributed by atoms with van der Waals surface area (Å²) in [6.45, 7) is 3.56. The van der Waals surface area contributed by atoms with Gasteiger partial charge in [0, 0.05) is 25.5 Å². The second kappa shape index (κ2) is 4.87. The molecule has 1 N–H and O–H groups in total. The number of aromatic nitrogens is 4. The van der Waals surface area contributed by atoms with E-state index in [1.807, 2.05) is 24.1 Å². The molecule has 0 radical (unpaired) electrons. The van der Waals surface area contributed by atoms with Crippen LogP contribution in [0.15, 0.2) is 24.5 Å². The predicted molar refractivity (Wildman–Crippen MR) is 69.5 cm³/mol. The molecule has 19 heavy (non-hydrogen) atoms. The van der Waals surface area contributed by atoms with Crippen LogP contribution >= 0.6 is 0 Å². The van der Waals surface area contributed by atoms with E-state index in [-0.39, 0.29) is 11.9 Å². The number of amides is 1. The summed E-state index contributed by atoms with van der Waals surface area (Å²) in [5, 5.41) is 11.2. The molecule has 0 aromatic carbocycles. The maximum atomic E-state index is 12.5. The Morgan fingerprint density at radius 3 is 3.11 bits per heavy atom. The van der Waals surface area contributed by atoms with Crippen LogP contribution < -0.4 is 0 Å². The zero-order valence-electron chi connectivity index (χ0n) is 10.9. The fourth-order valence-corrected chi connectivity index (χ4v) is 2.58. The Kier molecular flexibility index (Phi) is 3.06. The number of carbonyl (C=O) groups is 1. The summed E-state index contributed by atoms with van der Waals surface area (Å²) >= 11 is 0. The lowest BCUT2D eigenvalue weighted by molar-refractivity contribution is 0.0726. The lowest BCUT2D eigenvalue weighted by atomic mass is 10.1. The molecule has 0 bridgehead atoms. The third kappa shape index (κ3) is 2.14. The zero-order chi connectivity index (χ0) is 13.2. The second-order valence-electron chi connectivity index (χ2n) is 4.73. The third-order valence-corrected chi connectivity index (χ3v) is 3.58. The van der Waals surface area contributed by atoms with Gasteiger partial charge in [0.2, 0.25) is 0 Å². The van der Waals surface area contributed by atoms with E-state index in [1.165, 1.54) is 0 Å². The van der Waals surface area contributed by atoms with E-state index in [4.69, 9.17) is 0 Å². The number of aromatic amines is 1. The van der Waals surface area contributed by atoms with E-state index in [0.717, 1.165) is 31.6 Å². The number of carbonyl (C=O) groups excluding carboxylic acids is 1. The summed E-state index contributed by atoms with van der Waals surface area (Å²) < 4.78 is 1.77. The Morgan fingerprint density at radius 1 is 1.53 bits per heavy atom. The first-order valence-electron chi connectivity index (χ1n) is 6.63. The van der Waals surface area contributed by atoms with Crippen molar-refractivity contribution >= 4 is 5.91 Å². The van der Waals surface area contributed by atoms with E-state index < -0.39 is 0 Å². The molecule has 3 rings (SSSR count). The Hall–Kier alpha value is -2.11. The Labute approximate surface area is 111 Å². The van der Waals surface area contributed by atoms with Crippen LogP contribution in [-0.4, -0.2) is 37.3 Å². The molecule has 6 heteroatoms. The molecule has 6 nitrogen and oxygen atoms in total. The Balaban J connectivity index is 1.82. The number of hydrogen-bond acceptors (Lipinski definition) is 3. The lowest BCUT2D eigenvalue weighted by Gasteiger charge is -2.22. The summed E-state index contributed by atoms with van der Waals surface area (Å²) in [6, 6.07) is 3.82. The van der Waals surface area contributed by atoms with Crippen LogP contribution in [0.3, 0.4) is 0 Å². The van der Waals surface area contributed by atoms with Gasteiger partial charge in [-0.2, -0.15) is 10.2 Å². The van der Waals surface area contributed by atoms with Crippen molar-refractivity contribution in [1.82, 2.24) is 24.9 Å². The van der Waals surface area contributed by atoms with Gasteiger partial charge < -0.3 is 4.90 Å². The van der Waals surface area contributed by atoms with Crippen molar-refractivity contribution in [2.75, 3.05) is 6.54 Å². The van der Waals surface area contributed by atoms with E-state index in [9.17, 15) is 4.79 Å².